The molecular weight excluding hydrogens is 458 g/mol. The van der Waals surface area contributed by atoms with Crippen LogP contribution in [-0.4, -0.2) is 46.9 Å². The molecule has 2 heterocycles. The normalized spacial score (nSPS) is 27.3. The Morgan fingerprint density at radius 1 is 1.00 bits per heavy atom. The Morgan fingerprint density at radius 3 is 2.44 bits per heavy atom. The minimum Gasteiger partial charge on any atom is -0.475 e. The lowest BCUT2D eigenvalue weighted by molar-refractivity contribution is -0.142. The molecule has 1 aromatic heterocycles. The minimum atomic E-state index is -1.13. The zero-order valence-electron chi connectivity index (χ0n) is 20.8. The van der Waals surface area contributed by atoms with Gasteiger partial charge in [0.15, 0.2) is 0 Å². The molecule has 3 aliphatic rings. The zero-order chi connectivity index (χ0) is 25.2. The monoisotopic (exact) mass is 495 g/mol. The maximum Gasteiger partial charge on any atom is 0.371 e. The number of aromatic carboxylic acids is 1. The van der Waals surface area contributed by atoms with E-state index in [2.05, 4.69) is 5.32 Å². The number of likely N-dealkylation sites (tertiary alicyclic amines) is 1. The van der Waals surface area contributed by atoms with Crippen LogP contribution in [0.5, 0.6) is 0 Å². The number of hydrogen-bond donors (Lipinski definition) is 3. The van der Waals surface area contributed by atoms with Crippen molar-refractivity contribution in [3.8, 4) is 0 Å². The number of nitrogens with zero attached hydrogens (tertiary/aromatic N) is 1. The fraction of sp³-hybridized carbons (Fsp3) is 0.607. The Morgan fingerprint density at radius 2 is 1.75 bits per heavy atom. The van der Waals surface area contributed by atoms with Gasteiger partial charge in [0.25, 0.3) is 0 Å². The first-order chi connectivity index (χ1) is 17.4. The number of furan rings is 1. The number of amides is 2. The van der Waals surface area contributed by atoms with Crippen molar-refractivity contribution in [2.24, 2.45) is 29.4 Å². The largest absolute Gasteiger partial charge is 0.475 e. The number of carboxylic acids is 1. The van der Waals surface area contributed by atoms with E-state index in [-0.39, 0.29) is 29.4 Å². The molecule has 0 bridgehead atoms. The molecule has 4 N–H and O–H groups in total. The van der Waals surface area contributed by atoms with Crippen LogP contribution in [0.25, 0.3) is 11.0 Å². The number of rotatable bonds is 6. The van der Waals surface area contributed by atoms with Gasteiger partial charge in [0.1, 0.15) is 11.6 Å². The molecule has 8 nitrogen and oxygen atoms in total. The first kappa shape index (κ1) is 24.8. The van der Waals surface area contributed by atoms with Crippen molar-refractivity contribution >= 4 is 34.4 Å². The summed E-state index contributed by atoms with van der Waals surface area (Å²) in [5.41, 5.74) is 6.88. The van der Waals surface area contributed by atoms with Gasteiger partial charge in [0.05, 0.1) is 0 Å². The summed E-state index contributed by atoms with van der Waals surface area (Å²) in [6.07, 6.45) is 10.4. The quantitative estimate of drug-likeness (QED) is 0.536. The van der Waals surface area contributed by atoms with Crippen molar-refractivity contribution in [2.75, 3.05) is 18.4 Å². The molecule has 2 aromatic rings. The van der Waals surface area contributed by atoms with Crippen molar-refractivity contribution in [3.05, 3.63) is 30.0 Å². The van der Waals surface area contributed by atoms with E-state index in [1.165, 1.54) is 25.3 Å². The average molecular weight is 496 g/mol. The Balaban J connectivity index is 1.36. The summed E-state index contributed by atoms with van der Waals surface area (Å²) in [5.74, 6) is -0.170. The molecule has 0 radical (unpaired) electrons. The number of hydrogen-bond acceptors (Lipinski definition) is 5. The van der Waals surface area contributed by atoms with Gasteiger partial charge in [-0.2, -0.15) is 0 Å². The molecule has 1 unspecified atom stereocenters. The maximum atomic E-state index is 13.8. The van der Waals surface area contributed by atoms with Crippen molar-refractivity contribution < 1.29 is 23.9 Å². The molecule has 0 spiro atoms. The second-order valence-electron chi connectivity index (χ2n) is 10.9. The third-order valence-electron chi connectivity index (χ3n) is 8.78. The van der Waals surface area contributed by atoms with Crippen molar-refractivity contribution in [1.82, 2.24) is 4.90 Å². The Kier molecular flexibility index (Phi) is 7.32. The summed E-state index contributed by atoms with van der Waals surface area (Å²) >= 11 is 0. The van der Waals surface area contributed by atoms with E-state index >= 15 is 0 Å². The van der Waals surface area contributed by atoms with Gasteiger partial charge in [-0.15, -0.1) is 0 Å². The lowest BCUT2D eigenvalue weighted by atomic mass is 9.76. The fourth-order valence-corrected chi connectivity index (χ4v) is 6.78. The maximum absolute atomic E-state index is 13.8. The van der Waals surface area contributed by atoms with Crippen LogP contribution in [0.2, 0.25) is 0 Å². The second-order valence-corrected chi connectivity index (χ2v) is 10.9. The van der Waals surface area contributed by atoms with E-state index in [1.807, 2.05) is 4.90 Å². The molecule has 2 aliphatic carbocycles. The number of nitrogens with one attached hydrogen (secondary N) is 1. The third-order valence-corrected chi connectivity index (χ3v) is 8.78. The Bertz CT molecular complexity index is 1110. The van der Waals surface area contributed by atoms with Gasteiger partial charge >= 0.3 is 5.97 Å². The number of carbonyl (C=O) groups is 3. The van der Waals surface area contributed by atoms with Gasteiger partial charge in [-0.05, 0) is 80.7 Å². The predicted molar refractivity (Wildman–Crippen MR) is 136 cm³/mol. The molecule has 2 saturated carbocycles. The zero-order valence-corrected chi connectivity index (χ0v) is 20.8. The van der Waals surface area contributed by atoms with Crippen LogP contribution in [0.15, 0.2) is 28.7 Å². The number of carbonyl (C=O) groups excluding carboxylic acids is 2. The van der Waals surface area contributed by atoms with E-state index in [9.17, 15) is 19.5 Å². The number of anilines is 1. The van der Waals surface area contributed by atoms with Crippen LogP contribution in [0.1, 0.15) is 74.8 Å². The van der Waals surface area contributed by atoms with Crippen LogP contribution >= 0.6 is 0 Å². The van der Waals surface area contributed by atoms with Crippen molar-refractivity contribution in [3.63, 3.8) is 0 Å². The molecule has 194 valence electrons. The molecular formula is C28H37N3O5. The predicted octanol–water partition coefficient (Wildman–Crippen LogP) is 4.63. The van der Waals surface area contributed by atoms with E-state index in [0.29, 0.717) is 41.6 Å². The molecule has 5 rings (SSSR count). The highest BCUT2D eigenvalue weighted by Crippen LogP contribution is 2.41. The number of benzene rings is 1. The summed E-state index contributed by atoms with van der Waals surface area (Å²) in [6.45, 7) is 1.31. The SMILES string of the molecule is NCC1CCC(C(=O)N2CCC(C3CCCCC3)[C@H]2C(=O)Nc2ccc3oc(C(=O)O)cc3c2)CC1. The summed E-state index contributed by atoms with van der Waals surface area (Å²) in [5, 5.41) is 12.9. The first-order valence-corrected chi connectivity index (χ1v) is 13.5. The standard InChI is InChI=1S/C28H37N3O5/c29-16-17-6-8-19(9-7-17)27(33)31-13-12-22(18-4-2-1-3-5-18)25(31)26(32)30-21-10-11-23-20(14-21)15-24(36-23)28(34)35/h10-11,14-15,17-19,22,25H,1-9,12-13,16,29H2,(H,30,32)(H,34,35)/t17?,19?,22?,25-/m0/s1. The Labute approximate surface area is 211 Å². The molecule has 2 amide bonds. The van der Waals surface area contributed by atoms with Crippen molar-refractivity contribution in [2.45, 2.75) is 70.3 Å². The van der Waals surface area contributed by atoms with Crippen LogP contribution in [0, 0.1) is 23.7 Å². The van der Waals surface area contributed by atoms with Crippen molar-refractivity contribution in [1.29, 1.82) is 0 Å². The summed E-state index contributed by atoms with van der Waals surface area (Å²) in [6, 6.07) is 6.11. The molecule has 2 atom stereocenters. The fourth-order valence-electron chi connectivity index (χ4n) is 6.78. The van der Waals surface area contributed by atoms with Gasteiger partial charge in [-0.3, -0.25) is 9.59 Å². The number of nitrogens with two attached hydrogens (primary N) is 1. The van der Waals surface area contributed by atoms with Gasteiger partial charge in [-0.1, -0.05) is 32.1 Å². The highest BCUT2D eigenvalue weighted by Gasteiger charge is 2.46. The summed E-state index contributed by atoms with van der Waals surface area (Å²) in [4.78, 5) is 40.6. The van der Waals surface area contributed by atoms with Crippen LogP contribution in [-0.2, 0) is 9.59 Å². The highest BCUT2D eigenvalue weighted by atomic mass is 16.4. The first-order valence-electron chi connectivity index (χ1n) is 13.5. The van der Waals surface area contributed by atoms with Gasteiger partial charge in [-0.25, -0.2) is 4.79 Å². The Hall–Kier alpha value is -2.87. The molecule has 1 saturated heterocycles. The summed E-state index contributed by atoms with van der Waals surface area (Å²) in [7, 11) is 0. The molecule has 3 fully saturated rings. The lowest BCUT2D eigenvalue weighted by Gasteiger charge is -2.36. The number of fused-ring (bicyclic) bond motifs is 1. The van der Waals surface area contributed by atoms with Crippen LogP contribution < -0.4 is 11.1 Å². The smallest absolute Gasteiger partial charge is 0.371 e. The highest BCUT2D eigenvalue weighted by molar-refractivity contribution is 6.00. The molecule has 1 aromatic carbocycles. The van der Waals surface area contributed by atoms with Crippen LogP contribution in [0.4, 0.5) is 5.69 Å². The van der Waals surface area contributed by atoms with Gasteiger partial charge in [0.2, 0.25) is 17.6 Å². The summed E-state index contributed by atoms with van der Waals surface area (Å²) < 4.78 is 5.34. The average Bonchev–Trinajstić information content (AvgIpc) is 3.54. The minimum absolute atomic E-state index is 0.0232. The molecule has 1 aliphatic heterocycles. The van der Waals surface area contributed by atoms with Gasteiger partial charge < -0.3 is 25.5 Å². The third kappa shape index (κ3) is 5.01. The number of carboxylic acid groups (broad SMARTS) is 1. The topological polar surface area (TPSA) is 126 Å². The molecule has 36 heavy (non-hydrogen) atoms. The second kappa shape index (κ2) is 10.6. The lowest BCUT2D eigenvalue weighted by Crippen LogP contribution is -2.49. The van der Waals surface area contributed by atoms with Gasteiger partial charge in [0, 0.05) is 23.5 Å². The van der Waals surface area contributed by atoms with Crippen LogP contribution in [0.3, 0.4) is 0 Å². The van der Waals surface area contributed by atoms with E-state index in [1.54, 1.807) is 18.2 Å². The van der Waals surface area contributed by atoms with E-state index in [0.717, 1.165) is 44.9 Å². The molecule has 8 heteroatoms. The van der Waals surface area contributed by atoms with E-state index < -0.39 is 12.0 Å². The van der Waals surface area contributed by atoms with E-state index in [4.69, 9.17) is 10.2 Å².